The predicted octanol–water partition coefficient (Wildman–Crippen LogP) is 1.05. The second kappa shape index (κ2) is 5.12. The van der Waals surface area contributed by atoms with Gasteiger partial charge in [-0.3, -0.25) is 0 Å². The normalized spacial score (nSPS) is 11.9. The van der Waals surface area contributed by atoms with Gasteiger partial charge in [-0.25, -0.2) is 9.59 Å². The van der Waals surface area contributed by atoms with Crippen molar-refractivity contribution in [2.45, 2.75) is 13.3 Å². The highest BCUT2D eigenvalue weighted by atomic mass is 16.4. The molecule has 4 nitrogen and oxygen atoms in total. The molecule has 0 radical (unpaired) electrons. The smallest absolute Gasteiger partial charge is 0.331 e. The Labute approximate surface area is 69.8 Å². The van der Waals surface area contributed by atoms with Crippen molar-refractivity contribution in [1.29, 1.82) is 0 Å². The molecule has 0 spiro atoms. The first-order valence-electron chi connectivity index (χ1n) is 3.41. The van der Waals surface area contributed by atoms with E-state index in [1.54, 1.807) is 6.92 Å². The van der Waals surface area contributed by atoms with Crippen LogP contribution in [0.3, 0.4) is 0 Å². The lowest BCUT2D eigenvalue weighted by molar-refractivity contribution is -0.133. The van der Waals surface area contributed by atoms with Gasteiger partial charge in [-0.05, 0) is 6.42 Å². The van der Waals surface area contributed by atoms with Gasteiger partial charge in [0.2, 0.25) is 0 Å². The third-order valence-electron chi connectivity index (χ3n) is 1.19. The fourth-order valence-corrected chi connectivity index (χ4v) is 0.587. The Hall–Kier alpha value is -1.58. The van der Waals surface area contributed by atoms with Gasteiger partial charge in [-0.2, -0.15) is 0 Å². The Bertz CT molecular complexity index is 237. The monoisotopic (exact) mass is 170 g/mol. The number of allylic oxidation sites excluding steroid dienone is 2. The molecule has 0 amide bonds. The van der Waals surface area contributed by atoms with Crippen molar-refractivity contribution >= 4 is 11.9 Å². The first-order valence-corrected chi connectivity index (χ1v) is 3.41. The van der Waals surface area contributed by atoms with E-state index in [9.17, 15) is 9.59 Å². The summed E-state index contributed by atoms with van der Waals surface area (Å²) in [5.74, 6) is -2.11. The minimum absolute atomic E-state index is 0.188. The van der Waals surface area contributed by atoms with Crippen LogP contribution in [-0.2, 0) is 9.59 Å². The van der Waals surface area contributed by atoms with Gasteiger partial charge >= 0.3 is 11.9 Å². The molecule has 0 fully saturated rings. The SMILES string of the molecule is CC/C(=C/C=C/C(=O)O)C(=O)O. The van der Waals surface area contributed by atoms with E-state index in [1.165, 1.54) is 12.2 Å². The van der Waals surface area contributed by atoms with Gasteiger partial charge in [0.1, 0.15) is 0 Å². The van der Waals surface area contributed by atoms with Crippen molar-refractivity contribution in [3.63, 3.8) is 0 Å². The number of rotatable bonds is 4. The quantitative estimate of drug-likeness (QED) is 0.488. The lowest BCUT2D eigenvalue weighted by Gasteiger charge is -1.92. The Morgan fingerprint density at radius 3 is 2.25 bits per heavy atom. The number of aliphatic carboxylic acids is 2. The minimum atomic E-state index is -1.09. The molecule has 0 aliphatic rings. The van der Waals surface area contributed by atoms with Crippen molar-refractivity contribution < 1.29 is 19.8 Å². The highest BCUT2D eigenvalue weighted by Crippen LogP contribution is 2.00. The Morgan fingerprint density at radius 1 is 1.33 bits per heavy atom. The topological polar surface area (TPSA) is 74.6 Å². The summed E-state index contributed by atoms with van der Waals surface area (Å²) in [5.41, 5.74) is 0.188. The molecule has 0 saturated carbocycles. The van der Waals surface area contributed by atoms with Crippen molar-refractivity contribution in [3.8, 4) is 0 Å². The van der Waals surface area contributed by atoms with Crippen LogP contribution < -0.4 is 0 Å². The molecule has 0 rings (SSSR count). The lowest BCUT2D eigenvalue weighted by atomic mass is 10.2. The molecule has 0 aliphatic carbocycles. The zero-order valence-electron chi connectivity index (χ0n) is 6.65. The molecule has 2 N–H and O–H groups in total. The summed E-state index contributed by atoms with van der Waals surface area (Å²) in [5, 5.41) is 16.7. The second-order valence-electron chi connectivity index (χ2n) is 2.05. The van der Waals surface area contributed by atoms with Crippen LogP contribution in [0.2, 0.25) is 0 Å². The average Bonchev–Trinajstić information content (AvgIpc) is 1.96. The molecule has 0 aromatic heterocycles. The fourth-order valence-electron chi connectivity index (χ4n) is 0.587. The summed E-state index contributed by atoms with van der Waals surface area (Å²) in [6, 6.07) is 0. The highest BCUT2D eigenvalue weighted by Gasteiger charge is 2.00. The summed E-state index contributed by atoms with van der Waals surface area (Å²) in [4.78, 5) is 20.3. The molecule has 0 aliphatic heterocycles. The molecule has 0 saturated heterocycles. The summed E-state index contributed by atoms with van der Waals surface area (Å²) in [6.07, 6.45) is 3.74. The second-order valence-corrected chi connectivity index (χ2v) is 2.05. The van der Waals surface area contributed by atoms with Crippen molar-refractivity contribution in [3.05, 3.63) is 23.8 Å². The van der Waals surface area contributed by atoms with Crippen molar-refractivity contribution in [2.24, 2.45) is 0 Å². The van der Waals surface area contributed by atoms with E-state index in [1.807, 2.05) is 0 Å². The minimum Gasteiger partial charge on any atom is -0.478 e. The molecule has 0 aromatic rings. The van der Waals surface area contributed by atoms with E-state index >= 15 is 0 Å². The molecule has 12 heavy (non-hydrogen) atoms. The average molecular weight is 170 g/mol. The van der Waals surface area contributed by atoms with Gasteiger partial charge in [0.05, 0.1) is 0 Å². The number of carbonyl (C=O) groups is 2. The number of hydrogen-bond donors (Lipinski definition) is 2. The standard InChI is InChI=1S/C8H10O4/c1-2-6(8(11)12)4-3-5-7(9)10/h3-5H,2H2,1H3,(H,9,10)(H,11,12)/b5-3+,6-4-. The first-order chi connectivity index (χ1) is 5.57. The zero-order valence-corrected chi connectivity index (χ0v) is 6.65. The molecule has 0 aromatic carbocycles. The number of hydrogen-bond acceptors (Lipinski definition) is 2. The molecular formula is C8H10O4. The molecule has 0 atom stereocenters. The summed E-state index contributed by atoms with van der Waals surface area (Å²) in [7, 11) is 0. The van der Waals surface area contributed by atoms with Crippen LogP contribution in [0.4, 0.5) is 0 Å². The fraction of sp³-hybridized carbons (Fsp3) is 0.250. The number of carboxylic acid groups (broad SMARTS) is 2. The van der Waals surface area contributed by atoms with Crippen LogP contribution in [-0.4, -0.2) is 22.2 Å². The van der Waals surface area contributed by atoms with Crippen LogP contribution in [0.15, 0.2) is 23.8 Å². The Morgan fingerprint density at radius 2 is 1.92 bits per heavy atom. The van der Waals surface area contributed by atoms with E-state index in [0.29, 0.717) is 6.42 Å². The third kappa shape index (κ3) is 4.27. The van der Waals surface area contributed by atoms with Crippen LogP contribution in [0.1, 0.15) is 13.3 Å². The van der Waals surface area contributed by atoms with E-state index in [0.717, 1.165) is 6.08 Å². The van der Waals surface area contributed by atoms with Crippen LogP contribution in [0.25, 0.3) is 0 Å². The van der Waals surface area contributed by atoms with E-state index < -0.39 is 11.9 Å². The van der Waals surface area contributed by atoms with Crippen LogP contribution >= 0.6 is 0 Å². The molecule has 0 heterocycles. The van der Waals surface area contributed by atoms with Gasteiger partial charge in [-0.1, -0.05) is 19.1 Å². The van der Waals surface area contributed by atoms with E-state index in [-0.39, 0.29) is 5.57 Å². The van der Waals surface area contributed by atoms with Crippen molar-refractivity contribution in [1.82, 2.24) is 0 Å². The number of carboxylic acids is 2. The molecule has 66 valence electrons. The first kappa shape index (κ1) is 10.4. The predicted molar refractivity (Wildman–Crippen MR) is 42.8 cm³/mol. The van der Waals surface area contributed by atoms with Crippen LogP contribution in [0.5, 0.6) is 0 Å². The van der Waals surface area contributed by atoms with Gasteiger partial charge < -0.3 is 10.2 Å². The van der Waals surface area contributed by atoms with Gasteiger partial charge in [0, 0.05) is 11.6 Å². The molecule has 0 bridgehead atoms. The Balaban J connectivity index is 4.31. The van der Waals surface area contributed by atoms with Crippen LogP contribution in [0, 0.1) is 0 Å². The lowest BCUT2D eigenvalue weighted by Crippen LogP contribution is -1.98. The summed E-state index contributed by atoms with van der Waals surface area (Å²) >= 11 is 0. The largest absolute Gasteiger partial charge is 0.478 e. The maximum Gasteiger partial charge on any atom is 0.331 e. The third-order valence-corrected chi connectivity index (χ3v) is 1.19. The zero-order chi connectivity index (χ0) is 9.56. The maximum absolute atomic E-state index is 10.4. The van der Waals surface area contributed by atoms with Gasteiger partial charge in [0.25, 0.3) is 0 Å². The molecule has 4 heteroatoms. The van der Waals surface area contributed by atoms with Gasteiger partial charge in [-0.15, -0.1) is 0 Å². The van der Waals surface area contributed by atoms with E-state index in [2.05, 4.69) is 0 Å². The summed E-state index contributed by atoms with van der Waals surface area (Å²) in [6.45, 7) is 1.69. The maximum atomic E-state index is 10.4. The molecule has 0 unspecified atom stereocenters. The Kier molecular flexibility index (Phi) is 4.45. The highest BCUT2D eigenvalue weighted by molar-refractivity contribution is 5.87. The summed E-state index contributed by atoms with van der Waals surface area (Å²) < 4.78 is 0. The molecular weight excluding hydrogens is 160 g/mol. The van der Waals surface area contributed by atoms with Gasteiger partial charge in [0.15, 0.2) is 0 Å². The van der Waals surface area contributed by atoms with E-state index in [4.69, 9.17) is 10.2 Å². The van der Waals surface area contributed by atoms with Crippen molar-refractivity contribution in [2.75, 3.05) is 0 Å².